The molecule has 20 heavy (non-hydrogen) atoms. The molecule has 0 radical (unpaired) electrons. The van der Waals surface area contributed by atoms with Crippen LogP contribution in [-0.4, -0.2) is 24.6 Å². The first-order valence-electron chi connectivity index (χ1n) is 8.10. The minimum absolute atomic E-state index is 0.567. The van der Waals surface area contributed by atoms with Crippen molar-refractivity contribution >= 4 is 16.5 Å². The lowest BCUT2D eigenvalue weighted by atomic mass is 10.00. The van der Waals surface area contributed by atoms with Crippen LogP contribution in [0.2, 0.25) is 0 Å². The normalized spacial score (nSPS) is 18.5. The molecule has 0 aromatic carbocycles. The fraction of sp³-hybridized carbons (Fsp3) is 0.812. The molecule has 2 rings (SSSR count). The zero-order valence-electron chi connectivity index (χ0n) is 13.4. The first kappa shape index (κ1) is 15.8. The Morgan fingerprint density at radius 3 is 2.65 bits per heavy atom. The first-order valence-corrected chi connectivity index (χ1v) is 8.92. The van der Waals surface area contributed by atoms with Crippen LogP contribution in [-0.2, 0) is 6.54 Å². The topological polar surface area (TPSA) is 28.2 Å². The molecule has 0 amide bonds. The third-order valence-electron chi connectivity index (χ3n) is 4.39. The van der Waals surface area contributed by atoms with Crippen molar-refractivity contribution in [3.05, 3.63) is 10.6 Å². The zero-order chi connectivity index (χ0) is 14.5. The summed E-state index contributed by atoms with van der Waals surface area (Å²) in [4.78, 5) is 8.92. The number of nitrogens with one attached hydrogen (secondary N) is 1. The van der Waals surface area contributed by atoms with Crippen molar-refractivity contribution in [1.82, 2.24) is 10.3 Å². The SMILES string of the molecule is CCNCc1sc(N2CCC(C)CC2)nc1C(C)CC. The van der Waals surface area contributed by atoms with Crippen LogP contribution in [0.5, 0.6) is 0 Å². The highest BCUT2D eigenvalue weighted by atomic mass is 32.1. The Kier molecular flexibility index (Phi) is 5.85. The summed E-state index contributed by atoms with van der Waals surface area (Å²) in [5.41, 5.74) is 1.33. The Morgan fingerprint density at radius 1 is 1.35 bits per heavy atom. The minimum Gasteiger partial charge on any atom is -0.348 e. The summed E-state index contributed by atoms with van der Waals surface area (Å²) in [6, 6.07) is 0. The number of rotatable bonds is 6. The van der Waals surface area contributed by atoms with Crippen LogP contribution in [0.25, 0.3) is 0 Å². The molecule has 0 saturated carbocycles. The minimum atomic E-state index is 0.567. The maximum absolute atomic E-state index is 4.99. The molecular weight excluding hydrogens is 266 g/mol. The van der Waals surface area contributed by atoms with Crippen molar-refractivity contribution in [3.63, 3.8) is 0 Å². The average Bonchev–Trinajstić information content (AvgIpc) is 2.89. The van der Waals surface area contributed by atoms with Gasteiger partial charge in [0, 0.05) is 24.5 Å². The lowest BCUT2D eigenvalue weighted by Gasteiger charge is -2.29. The molecule has 4 heteroatoms. The van der Waals surface area contributed by atoms with Crippen molar-refractivity contribution in [1.29, 1.82) is 0 Å². The van der Waals surface area contributed by atoms with E-state index in [-0.39, 0.29) is 0 Å². The number of hydrogen-bond acceptors (Lipinski definition) is 4. The largest absolute Gasteiger partial charge is 0.348 e. The lowest BCUT2D eigenvalue weighted by Crippen LogP contribution is -2.32. The second-order valence-electron chi connectivity index (χ2n) is 6.06. The number of hydrogen-bond donors (Lipinski definition) is 1. The lowest BCUT2D eigenvalue weighted by molar-refractivity contribution is 0.438. The van der Waals surface area contributed by atoms with Crippen LogP contribution in [0, 0.1) is 5.92 Å². The van der Waals surface area contributed by atoms with Crippen LogP contribution in [0.15, 0.2) is 0 Å². The van der Waals surface area contributed by atoms with Crippen molar-refractivity contribution in [3.8, 4) is 0 Å². The summed E-state index contributed by atoms with van der Waals surface area (Å²) < 4.78 is 0. The molecule has 1 fully saturated rings. The Labute approximate surface area is 127 Å². The fourth-order valence-electron chi connectivity index (χ4n) is 2.63. The molecule has 1 aromatic heterocycles. The van der Waals surface area contributed by atoms with Gasteiger partial charge < -0.3 is 10.2 Å². The number of anilines is 1. The van der Waals surface area contributed by atoms with Crippen LogP contribution >= 0.6 is 11.3 Å². The molecule has 1 aromatic rings. The van der Waals surface area contributed by atoms with Crippen molar-refractivity contribution in [2.45, 2.75) is 59.4 Å². The molecule has 1 atom stereocenters. The standard InChI is InChI=1S/C16H29N3S/c1-5-13(4)15-14(11-17-6-2)20-16(18-15)19-9-7-12(3)8-10-19/h12-13,17H,5-11H2,1-4H3. The molecular formula is C16H29N3S. The number of piperidine rings is 1. The maximum atomic E-state index is 4.99. The fourth-order valence-corrected chi connectivity index (χ4v) is 3.83. The van der Waals surface area contributed by atoms with Gasteiger partial charge in [0.25, 0.3) is 0 Å². The van der Waals surface area contributed by atoms with Crippen LogP contribution in [0.1, 0.15) is 63.4 Å². The number of aromatic nitrogens is 1. The molecule has 114 valence electrons. The molecule has 0 aliphatic carbocycles. The number of thiazole rings is 1. The van der Waals surface area contributed by atoms with Crippen molar-refractivity contribution in [2.24, 2.45) is 5.92 Å². The monoisotopic (exact) mass is 295 g/mol. The van der Waals surface area contributed by atoms with Gasteiger partial charge in [-0.3, -0.25) is 0 Å². The van der Waals surface area contributed by atoms with E-state index in [9.17, 15) is 0 Å². The Morgan fingerprint density at radius 2 is 2.05 bits per heavy atom. The van der Waals surface area contributed by atoms with Gasteiger partial charge in [-0.25, -0.2) is 4.98 Å². The summed E-state index contributed by atoms with van der Waals surface area (Å²) in [5.74, 6) is 1.44. The molecule has 1 aliphatic heterocycles. The first-order chi connectivity index (χ1) is 9.65. The molecule has 1 saturated heterocycles. The van der Waals surface area contributed by atoms with E-state index in [2.05, 4.69) is 37.9 Å². The Balaban J connectivity index is 2.14. The quantitative estimate of drug-likeness (QED) is 0.859. The molecule has 1 N–H and O–H groups in total. The van der Waals surface area contributed by atoms with Gasteiger partial charge in [0.15, 0.2) is 5.13 Å². The average molecular weight is 295 g/mol. The highest BCUT2D eigenvalue weighted by Gasteiger charge is 2.22. The van der Waals surface area contributed by atoms with Crippen molar-refractivity contribution < 1.29 is 0 Å². The predicted octanol–water partition coefficient (Wildman–Crippen LogP) is 4.00. The van der Waals surface area contributed by atoms with Crippen LogP contribution in [0.3, 0.4) is 0 Å². The van der Waals surface area contributed by atoms with E-state index in [1.165, 1.54) is 48.1 Å². The van der Waals surface area contributed by atoms with E-state index in [1.54, 1.807) is 0 Å². The van der Waals surface area contributed by atoms with Crippen LogP contribution < -0.4 is 10.2 Å². The third-order valence-corrected chi connectivity index (χ3v) is 5.52. The van der Waals surface area contributed by atoms with Gasteiger partial charge in [0.05, 0.1) is 5.69 Å². The second kappa shape index (κ2) is 7.41. The van der Waals surface area contributed by atoms with Gasteiger partial charge in [-0.15, -0.1) is 11.3 Å². The number of nitrogens with zero attached hydrogens (tertiary/aromatic N) is 2. The van der Waals surface area contributed by atoms with E-state index >= 15 is 0 Å². The third kappa shape index (κ3) is 3.73. The summed E-state index contributed by atoms with van der Waals surface area (Å²) in [6.07, 6.45) is 3.78. The molecule has 2 heterocycles. The van der Waals surface area contributed by atoms with Gasteiger partial charge in [-0.1, -0.05) is 27.7 Å². The highest BCUT2D eigenvalue weighted by molar-refractivity contribution is 7.15. The summed E-state index contributed by atoms with van der Waals surface area (Å²) in [5, 5.41) is 4.71. The molecule has 0 bridgehead atoms. The van der Waals surface area contributed by atoms with E-state index in [4.69, 9.17) is 4.98 Å². The second-order valence-corrected chi connectivity index (χ2v) is 7.13. The molecule has 0 spiro atoms. The summed E-state index contributed by atoms with van der Waals surface area (Å²) >= 11 is 1.90. The van der Waals surface area contributed by atoms with Crippen molar-refractivity contribution in [2.75, 3.05) is 24.5 Å². The van der Waals surface area contributed by atoms with E-state index in [0.717, 1.165) is 19.0 Å². The summed E-state index contributed by atoms with van der Waals surface area (Å²) in [6.45, 7) is 13.4. The van der Waals surface area contributed by atoms with Gasteiger partial charge in [-0.05, 0) is 37.6 Å². The smallest absolute Gasteiger partial charge is 0.185 e. The maximum Gasteiger partial charge on any atom is 0.185 e. The Bertz CT molecular complexity index is 408. The van der Waals surface area contributed by atoms with E-state index in [1.807, 2.05) is 11.3 Å². The zero-order valence-corrected chi connectivity index (χ0v) is 14.2. The van der Waals surface area contributed by atoms with Gasteiger partial charge in [0.1, 0.15) is 0 Å². The van der Waals surface area contributed by atoms with Gasteiger partial charge in [0.2, 0.25) is 0 Å². The van der Waals surface area contributed by atoms with Gasteiger partial charge >= 0.3 is 0 Å². The van der Waals surface area contributed by atoms with E-state index < -0.39 is 0 Å². The van der Waals surface area contributed by atoms with Gasteiger partial charge in [-0.2, -0.15) is 0 Å². The van der Waals surface area contributed by atoms with Crippen LogP contribution in [0.4, 0.5) is 5.13 Å². The Hall–Kier alpha value is -0.610. The predicted molar refractivity (Wildman–Crippen MR) is 88.8 cm³/mol. The molecule has 1 aliphatic rings. The molecule has 3 nitrogen and oxygen atoms in total. The molecule has 1 unspecified atom stereocenters. The highest BCUT2D eigenvalue weighted by Crippen LogP contribution is 2.33. The van der Waals surface area contributed by atoms with E-state index in [0.29, 0.717) is 5.92 Å². The summed E-state index contributed by atoms with van der Waals surface area (Å²) in [7, 11) is 0.